The number of carbonyl (C=O) groups is 1. The Kier molecular flexibility index (Phi) is 5.23. The van der Waals surface area contributed by atoms with Crippen molar-refractivity contribution in [2.75, 3.05) is 6.54 Å². The summed E-state index contributed by atoms with van der Waals surface area (Å²) in [6.45, 7) is 3.36. The third-order valence-corrected chi connectivity index (χ3v) is 3.15. The molecule has 2 aromatic heterocycles. The second-order valence-corrected chi connectivity index (χ2v) is 4.85. The van der Waals surface area contributed by atoms with E-state index in [1.54, 1.807) is 17.8 Å². The molecule has 0 aromatic carbocycles. The van der Waals surface area contributed by atoms with E-state index in [0.717, 1.165) is 13.0 Å². The van der Waals surface area contributed by atoms with Crippen LogP contribution in [0.25, 0.3) is 0 Å². The molecule has 0 unspecified atom stereocenters. The van der Waals surface area contributed by atoms with Crippen molar-refractivity contribution in [1.29, 1.82) is 0 Å². The van der Waals surface area contributed by atoms with Crippen LogP contribution in [0.5, 0.6) is 0 Å². The molecule has 0 spiro atoms. The second-order valence-electron chi connectivity index (χ2n) is 4.85. The predicted octanol–water partition coefficient (Wildman–Crippen LogP) is 0.893. The Morgan fingerprint density at radius 1 is 1.45 bits per heavy atom. The molecule has 0 aliphatic rings. The normalized spacial score (nSPS) is 10.6. The average Bonchev–Trinajstić information content (AvgIpc) is 3.11. The lowest BCUT2D eigenvalue weighted by Crippen LogP contribution is -2.26. The molecule has 0 radical (unpaired) electrons. The number of amides is 1. The first-order valence-corrected chi connectivity index (χ1v) is 6.99. The van der Waals surface area contributed by atoms with Crippen molar-refractivity contribution in [2.45, 2.75) is 32.9 Å². The van der Waals surface area contributed by atoms with Crippen LogP contribution in [-0.2, 0) is 17.9 Å². The Labute approximate surface area is 127 Å². The fraction of sp³-hybridized carbons (Fsp3) is 0.462. The van der Waals surface area contributed by atoms with Gasteiger partial charge in [-0.15, -0.1) is 0 Å². The Bertz CT molecular complexity index is 634. The smallest absolute Gasteiger partial charge is 0.358 e. The van der Waals surface area contributed by atoms with Crippen LogP contribution >= 0.6 is 0 Å². The van der Waals surface area contributed by atoms with Crippen LogP contribution in [0.4, 0.5) is 5.82 Å². The van der Waals surface area contributed by atoms with Crippen LogP contribution in [0.3, 0.4) is 0 Å². The second kappa shape index (κ2) is 7.34. The van der Waals surface area contributed by atoms with Gasteiger partial charge in [-0.1, -0.05) is 0 Å². The summed E-state index contributed by atoms with van der Waals surface area (Å²) in [4.78, 5) is 21.8. The number of aryl methyl sites for hydroxylation is 3. The van der Waals surface area contributed by atoms with E-state index in [4.69, 9.17) is 0 Å². The van der Waals surface area contributed by atoms with Crippen molar-refractivity contribution in [3.05, 3.63) is 40.3 Å². The maximum absolute atomic E-state index is 11.7. The van der Waals surface area contributed by atoms with Crippen molar-refractivity contribution < 1.29 is 9.72 Å². The van der Waals surface area contributed by atoms with Crippen LogP contribution in [0.2, 0.25) is 0 Å². The first-order valence-electron chi connectivity index (χ1n) is 6.99. The Morgan fingerprint density at radius 2 is 2.27 bits per heavy atom. The van der Waals surface area contributed by atoms with Crippen molar-refractivity contribution in [3.8, 4) is 0 Å². The topological polar surface area (TPSA) is 108 Å². The van der Waals surface area contributed by atoms with Gasteiger partial charge in [-0.3, -0.25) is 9.48 Å². The molecule has 0 aliphatic carbocycles. The first kappa shape index (κ1) is 15.7. The molecule has 2 heterocycles. The van der Waals surface area contributed by atoms with Gasteiger partial charge in [0.1, 0.15) is 0 Å². The standard InChI is InChI=1S/C13H18N6O3/c1-11-10-12(19(21)22)16-18(11)9-4-13(20)14-5-2-7-17-8-3-6-15-17/h3,6,8,10H,2,4-5,7,9H2,1H3,(H,14,20). The molecule has 22 heavy (non-hydrogen) atoms. The summed E-state index contributed by atoms with van der Waals surface area (Å²) < 4.78 is 3.28. The fourth-order valence-electron chi connectivity index (χ4n) is 2.01. The molecule has 2 rings (SSSR count). The number of nitro groups is 1. The summed E-state index contributed by atoms with van der Waals surface area (Å²) in [7, 11) is 0. The molecule has 0 aliphatic heterocycles. The molecule has 9 heteroatoms. The van der Waals surface area contributed by atoms with Crippen LogP contribution in [0.15, 0.2) is 24.5 Å². The summed E-state index contributed by atoms with van der Waals surface area (Å²) in [5.41, 5.74) is 0.665. The minimum atomic E-state index is -0.543. The van der Waals surface area contributed by atoms with E-state index in [-0.39, 0.29) is 18.1 Å². The zero-order valence-corrected chi connectivity index (χ0v) is 12.3. The molecule has 0 saturated carbocycles. The van der Waals surface area contributed by atoms with Gasteiger partial charge in [-0.05, 0) is 24.3 Å². The average molecular weight is 306 g/mol. The van der Waals surface area contributed by atoms with Crippen LogP contribution in [-0.4, -0.2) is 36.9 Å². The van der Waals surface area contributed by atoms with Crippen molar-refractivity contribution in [3.63, 3.8) is 0 Å². The molecule has 1 N–H and O–H groups in total. The number of aromatic nitrogens is 4. The molecule has 0 bridgehead atoms. The highest BCUT2D eigenvalue weighted by atomic mass is 16.6. The molecular weight excluding hydrogens is 288 g/mol. The van der Waals surface area contributed by atoms with E-state index in [1.807, 2.05) is 12.3 Å². The van der Waals surface area contributed by atoms with Gasteiger partial charge in [0, 0.05) is 31.9 Å². The summed E-state index contributed by atoms with van der Waals surface area (Å²) in [5.74, 6) is -0.296. The number of nitrogens with zero attached hydrogens (tertiary/aromatic N) is 5. The van der Waals surface area contributed by atoms with Gasteiger partial charge in [-0.25, -0.2) is 0 Å². The lowest BCUT2D eigenvalue weighted by atomic mass is 10.3. The largest absolute Gasteiger partial charge is 0.390 e. The quantitative estimate of drug-likeness (QED) is 0.443. The number of nitrogens with one attached hydrogen (secondary N) is 1. The van der Waals surface area contributed by atoms with Gasteiger partial charge in [0.05, 0.1) is 23.4 Å². The van der Waals surface area contributed by atoms with Crippen molar-refractivity contribution in [2.24, 2.45) is 0 Å². The zero-order valence-electron chi connectivity index (χ0n) is 12.3. The number of rotatable bonds is 8. The maximum atomic E-state index is 11.7. The number of hydrogen-bond donors (Lipinski definition) is 1. The molecule has 1 amide bonds. The SMILES string of the molecule is Cc1cc([N+](=O)[O-])nn1CCC(=O)NCCCn1cccn1. The van der Waals surface area contributed by atoms with E-state index in [1.165, 1.54) is 10.7 Å². The molecule has 0 saturated heterocycles. The van der Waals surface area contributed by atoms with Crippen LogP contribution < -0.4 is 5.32 Å². The third-order valence-electron chi connectivity index (χ3n) is 3.15. The highest BCUT2D eigenvalue weighted by Gasteiger charge is 2.15. The number of hydrogen-bond acceptors (Lipinski definition) is 5. The Balaban J connectivity index is 1.68. The summed E-state index contributed by atoms with van der Waals surface area (Å²) in [6.07, 6.45) is 4.61. The lowest BCUT2D eigenvalue weighted by molar-refractivity contribution is -0.389. The lowest BCUT2D eigenvalue weighted by Gasteiger charge is -2.05. The van der Waals surface area contributed by atoms with Crippen LogP contribution in [0, 0.1) is 17.0 Å². The Morgan fingerprint density at radius 3 is 2.91 bits per heavy atom. The first-order chi connectivity index (χ1) is 10.6. The summed E-state index contributed by atoms with van der Waals surface area (Å²) >= 11 is 0. The molecule has 9 nitrogen and oxygen atoms in total. The number of carbonyl (C=O) groups excluding carboxylic acids is 1. The molecule has 0 fully saturated rings. The molecule has 118 valence electrons. The van der Waals surface area contributed by atoms with E-state index in [0.29, 0.717) is 18.8 Å². The minimum absolute atomic E-state index is 0.0991. The summed E-state index contributed by atoms with van der Waals surface area (Å²) in [5, 5.41) is 21.3. The maximum Gasteiger partial charge on any atom is 0.390 e. The van der Waals surface area contributed by atoms with Gasteiger partial charge in [0.2, 0.25) is 5.91 Å². The predicted molar refractivity (Wildman–Crippen MR) is 78.1 cm³/mol. The van der Waals surface area contributed by atoms with Gasteiger partial charge < -0.3 is 15.4 Å². The monoisotopic (exact) mass is 306 g/mol. The highest BCUT2D eigenvalue weighted by molar-refractivity contribution is 5.75. The Hall–Kier alpha value is -2.71. The van der Waals surface area contributed by atoms with E-state index in [2.05, 4.69) is 15.5 Å². The molecule has 0 atom stereocenters. The molecule has 2 aromatic rings. The van der Waals surface area contributed by atoms with Gasteiger partial charge in [-0.2, -0.15) is 9.78 Å². The van der Waals surface area contributed by atoms with Crippen molar-refractivity contribution >= 4 is 11.7 Å². The van der Waals surface area contributed by atoms with E-state index in [9.17, 15) is 14.9 Å². The highest BCUT2D eigenvalue weighted by Crippen LogP contribution is 2.11. The van der Waals surface area contributed by atoms with E-state index < -0.39 is 4.92 Å². The minimum Gasteiger partial charge on any atom is -0.358 e. The van der Waals surface area contributed by atoms with Crippen molar-refractivity contribution in [1.82, 2.24) is 24.9 Å². The van der Waals surface area contributed by atoms with Gasteiger partial charge in [0.15, 0.2) is 0 Å². The zero-order chi connectivity index (χ0) is 15.9. The van der Waals surface area contributed by atoms with Gasteiger partial charge >= 0.3 is 5.82 Å². The van der Waals surface area contributed by atoms with E-state index >= 15 is 0 Å². The third kappa shape index (κ3) is 4.40. The van der Waals surface area contributed by atoms with Crippen LogP contribution in [0.1, 0.15) is 18.5 Å². The molecular formula is C13H18N6O3. The summed E-state index contributed by atoms with van der Waals surface area (Å²) in [6, 6.07) is 3.24. The van der Waals surface area contributed by atoms with Gasteiger partial charge in [0.25, 0.3) is 0 Å². The fourth-order valence-corrected chi connectivity index (χ4v) is 2.01.